The molecule has 0 saturated carbocycles. The lowest BCUT2D eigenvalue weighted by molar-refractivity contribution is 0.855. The van der Waals surface area contributed by atoms with Crippen molar-refractivity contribution in [3.63, 3.8) is 0 Å². The molecule has 0 aliphatic carbocycles. The van der Waals surface area contributed by atoms with Crippen LogP contribution in [0.4, 0.5) is 0 Å². The maximum Gasteiger partial charge on any atom is 0.0339 e. The van der Waals surface area contributed by atoms with Crippen molar-refractivity contribution in [2.75, 3.05) is 0 Å². The first-order valence-corrected chi connectivity index (χ1v) is 10.7. The van der Waals surface area contributed by atoms with Gasteiger partial charge in [0.15, 0.2) is 0 Å². The van der Waals surface area contributed by atoms with E-state index in [9.17, 15) is 0 Å². The first-order chi connectivity index (χ1) is 13.4. The molecule has 0 amide bonds. The van der Waals surface area contributed by atoms with Gasteiger partial charge in [0.1, 0.15) is 0 Å². The number of hydrogen-bond donors (Lipinski definition) is 0. The molecule has 146 valence electrons. The van der Waals surface area contributed by atoms with Crippen LogP contribution in [0, 0.1) is 0 Å². The Bertz CT molecular complexity index is 740. The van der Waals surface area contributed by atoms with Crippen LogP contribution in [0.5, 0.6) is 0 Å². The summed E-state index contributed by atoms with van der Waals surface area (Å²) in [7, 11) is 0. The average Bonchev–Trinajstić information content (AvgIpc) is 2.69. The van der Waals surface area contributed by atoms with Crippen LogP contribution in [0.1, 0.15) is 98.6 Å². The molecule has 0 heterocycles. The highest BCUT2D eigenvalue weighted by Gasteiger charge is 2.18. The molecule has 0 radical (unpaired) electrons. The van der Waals surface area contributed by atoms with Crippen molar-refractivity contribution in [1.82, 2.24) is 0 Å². The fourth-order valence-corrected chi connectivity index (χ4v) is 3.80. The van der Waals surface area contributed by atoms with Gasteiger partial charge in [-0.25, -0.2) is 0 Å². The van der Waals surface area contributed by atoms with Crippen LogP contribution < -0.4 is 0 Å². The number of benzene rings is 3. The second-order valence-corrected chi connectivity index (χ2v) is 8.90. The van der Waals surface area contributed by atoms with E-state index in [1.165, 1.54) is 33.4 Å². The molecule has 3 aromatic carbocycles. The van der Waals surface area contributed by atoms with Gasteiger partial charge in [-0.2, -0.15) is 0 Å². The van der Waals surface area contributed by atoms with Crippen LogP contribution >= 0.6 is 0 Å². The van der Waals surface area contributed by atoms with Gasteiger partial charge in [-0.1, -0.05) is 114 Å². The molecule has 0 aromatic heterocycles. The van der Waals surface area contributed by atoms with Gasteiger partial charge in [-0.3, -0.25) is 0 Å². The molecule has 0 aliphatic heterocycles. The molecule has 0 atom stereocenters. The molecule has 3 aromatic rings. The molecule has 28 heavy (non-hydrogen) atoms. The topological polar surface area (TPSA) is 0 Å². The molecule has 0 saturated heterocycles. The van der Waals surface area contributed by atoms with E-state index in [1.807, 2.05) is 0 Å². The Hall–Kier alpha value is -2.34. The summed E-state index contributed by atoms with van der Waals surface area (Å²) in [5.74, 6) is 1.94. The minimum atomic E-state index is 0.267. The lowest BCUT2D eigenvalue weighted by Gasteiger charge is -2.21. The third kappa shape index (κ3) is 4.55. The minimum absolute atomic E-state index is 0.267. The zero-order chi connectivity index (χ0) is 20.3. The first kappa shape index (κ1) is 20.4. The largest absolute Gasteiger partial charge is 0.0587 e. The van der Waals surface area contributed by atoms with E-state index in [-0.39, 0.29) is 5.92 Å². The second kappa shape index (κ2) is 8.78. The van der Waals surface area contributed by atoms with Crippen LogP contribution in [0.15, 0.2) is 72.8 Å². The highest BCUT2D eigenvalue weighted by atomic mass is 14.2. The van der Waals surface area contributed by atoms with Gasteiger partial charge in [0.25, 0.3) is 0 Å². The van der Waals surface area contributed by atoms with Gasteiger partial charge >= 0.3 is 0 Å². The van der Waals surface area contributed by atoms with E-state index in [0.717, 1.165) is 0 Å². The van der Waals surface area contributed by atoms with E-state index in [0.29, 0.717) is 17.8 Å². The highest BCUT2D eigenvalue weighted by molar-refractivity contribution is 5.45. The molecular formula is C28H34. The predicted octanol–water partition coefficient (Wildman–Crippen LogP) is 8.24. The normalized spacial score (nSPS) is 11.8. The highest BCUT2D eigenvalue weighted by Crippen LogP contribution is 2.34. The molecule has 3 rings (SSSR count). The molecule has 0 nitrogen and oxygen atoms in total. The molecule has 0 aliphatic rings. The lowest BCUT2D eigenvalue weighted by Crippen LogP contribution is -2.05. The van der Waals surface area contributed by atoms with Crippen molar-refractivity contribution in [3.8, 4) is 0 Å². The Morgan fingerprint density at radius 3 is 0.679 bits per heavy atom. The molecule has 0 fully saturated rings. The first-order valence-electron chi connectivity index (χ1n) is 10.7. The van der Waals surface area contributed by atoms with Gasteiger partial charge in [-0.05, 0) is 51.1 Å². The molecule has 0 spiro atoms. The van der Waals surface area contributed by atoms with Gasteiger partial charge in [-0.15, -0.1) is 0 Å². The monoisotopic (exact) mass is 370 g/mol. The van der Waals surface area contributed by atoms with Gasteiger partial charge in [0.05, 0.1) is 0 Å². The predicted molar refractivity (Wildman–Crippen MR) is 123 cm³/mol. The third-order valence-corrected chi connectivity index (χ3v) is 5.81. The lowest BCUT2D eigenvalue weighted by atomic mass is 9.83. The van der Waals surface area contributed by atoms with Crippen LogP contribution in [0.3, 0.4) is 0 Å². The van der Waals surface area contributed by atoms with Crippen LogP contribution in [0.25, 0.3) is 0 Å². The summed E-state index contributed by atoms with van der Waals surface area (Å²) < 4.78 is 0. The van der Waals surface area contributed by atoms with Crippen molar-refractivity contribution in [1.29, 1.82) is 0 Å². The second-order valence-electron chi connectivity index (χ2n) is 8.90. The minimum Gasteiger partial charge on any atom is -0.0587 e. The quantitative estimate of drug-likeness (QED) is 0.383. The standard InChI is InChI=1S/C28H34/c1-19(2)22-7-13-25(14-8-22)28(26-15-9-23(10-16-26)20(3)4)27-17-11-24(12-18-27)21(5)6/h7-21,28H,1-6H3. The van der Waals surface area contributed by atoms with Crippen molar-refractivity contribution < 1.29 is 0 Å². The Morgan fingerprint density at radius 2 is 0.500 bits per heavy atom. The summed E-state index contributed by atoms with van der Waals surface area (Å²) in [5, 5.41) is 0. The van der Waals surface area contributed by atoms with Crippen LogP contribution in [-0.4, -0.2) is 0 Å². The molecule has 0 bridgehead atoms. The summed E-state index contributed by atoms with van der Waals surface area (Å²) in [6.45, 7) is 13.5. The van der Waals surface area contributed by atoms with Crippen molar-refractivity contribution in [2.24, 2.45) is 0 Å². The van der Waals surface area contributed by atoms with E-state index < -0.39 is 0 Å². The van der Waals surface area contributed by atoms with Crippen molar-refractivity contribution in [3.05, 3.63) is 106 Å². The number of hydrogen-bond acceptors (Lipinski definition) is 0. The Kier molecular flexibility index (Phi) is 6.39. The van der Waals surface area contributed by atoms with E-state index in [1.54, 1.807) is 0 Å². The molecule has 0 unspecified atom stereocenters. The summed E-state index contributed by atoms with van der Waals surface area (Å²) >= 11 is 0. The SMILES string of the molecule is CC(C)c1ccc(C(c2ccc(C(C)C)cc2)c2ccc(C(C)C)cc2)cc1. The molecular weight excluding hydrogens is 336 g/mol. The van der Waals surface area contributed by atoms with Crippen molar-refractivity contribution in [2.45, 2.75) is 65.2 Å². The van der Waals surface area contributed by atoms with E-state index in [2.05, 4.69) is 114 Å². The summed E-state index contributed by atoms with van der Waals surface area (Å²) in [6.07, 6.45) is 0. The zero-order valence-corrected chi connectivity index (χ0v) is 18.2. The fraction of sp³-hybridized carbons (Fsp3) is 0.357. The summed E-state index contributed by atoms with van der Waals surface area (Å²) in [5.41, 5.74) is 8.27. The van der Waals surface area contributed by atoms with Crippen LogP contribution in [-0.2, 0) is 0 Å². The Balaban J connectivity index is 2.04. The van der Waals surface area contributed by atoms with Crippen LogP contribution in [0.2, 0.25) is 0 Å². The average molecular weight is 371 g/mol. The smallest absolute Gasteiger partial charge is 0.0339 e. The Labute approximate surface area is 171 Å². The molecule has 0 N–H and O–H groups in total. The van der Waals surface area contributed by atoms with E-state index in [4.69, 9.17) is 0 Å². The summed E-state index contributed by atoms with van der Waals surface area (Å²) in [4.78, 5) is 0. The Morgan fingerprint density at radius 1 is 0.321 bits per heavy atom. The van der Waals surface area contributed by atoms with Gasteiger partial charge in [0.2, 0.25) is 0 Å². The zero-order valence-electron chi connectivity index (χ0n) is 18.2. The van der Waals surface area contributed by atoms with Gasteiger partial charge in [0, 0.05) is 5.92 Å². The maximum atomic E-state index is 2.31. The third-order valence-electron chi connectivity index (χ3n) is 5.81. The van der Waals surface area contributed by atoms with E-state index >= 15 is 0 Å². The summed E-state index contributed by atoms with van der Waals surface area (Å²) in [6, 6.07) is 27.6. The van der Waals surface area contributed by atoms with Gasteiger partial charge < -0.3 is 0 Å². The molecule has 0 heteroatoms. The maximum absolute atomic E-state index is 2.31. The number of rotatable bonds is 6. The fourth-order valence-electron chi connectivity index (χ4n) is 3.80. The van der Waals surface area contributed by atoms with Crippen molar-refractivity contribution >= 4 is 0 Å².